The molecule has 0 radical (unpaired) electrons. The van der Waals surface area contributed by atoms with Gasteiger partial charge in [0, 0.05) is 42.6 Å². The second-order valence-corrected chi connectivity index (χ2v) is 11.5. The van der Waals surface area contributed by atoms with E-state index in [0.29, 0.717) is 12.1 Å². The smallest absolute Gasteiger partial charge is 0.128 e. The van der Waals surface area contributed by atoms with Gasteiger partial charge < -0.3 is 9.47 Å². The van der Waals surface area contributed by atoms with E-state index in [0.717, 1.165) is 62.2 Å². The summed E-state index contributed by atoms with van der Waals surface area (Å²) in [5, 5.41) is 0. The van der Waals surface area contributed by atoms with Crippen LogP contribution < -0.4 is 4.74 Å². The van der Waals surface area contributed by atoms with E-state index >= 15 is 0 Å². The van der Waals surface area contributed by atoms with Crippen LogP contribution in [-0.2, 0) is 30.5 Å². The minimum absolute atomic E-state index is 0.220. The molecule has 1 aromatic heterocycles. The van der Waals surface area contributed by atoms with Crippen LogP contribution in [-0.4, -0.2) is 36.2 Å². The van der Waals surface area contributed by atoms with Crippen molar-refractivity contribution in [1.82, 2.24) is 9.88 Å². The predicted octanol–water partition coefficient (Wildman–Crippen LogP) is 8.03. The Morgan fingerprint density at radius 3 is 2.28 bits per heavy atom. The molecule has 1 atom stereocenters. The van der Waals surface area contributed by atoms with Crippen LogP contribution >= 0.6 is 0 Å². The quantitative estimate of drug-likeness (QED) is 0.283. The number of pyridine rings is 1. The third-order valence-electron chi connectivity index (χ3n) is 9.07. The van der Waals surface area contributed by atoms with Crippen molar-refractivity contribution in [3.05, 3.63) is 82.0 Å². The molecule has 0 spiro atoms. The number of methoxy groups -OCH3 is 1. The molecule has 2 aliphatic carbocycles. The Morgan fingerprint density at radius 2 is 1.59 bits per heavy atom. The van der Waals surface area contributed by atoms with Crippen LogP contribution in [0.3, 0.4) is 0 Å². The third kappa shape index (κ3) is 6.07. The van der Waals surface area contributed by atoms with Crippen molar-refractivity contribution < 1.29 is 9.47 Å². The van der Waals surface area contributed by atoms with Crippen LogP contribution in [0.5, 0.6) is 5.75 Å². The van der Waals surface area contributed by atoms with Crippen molar-refractivity contribution in [2.45, 2.75) is 103 Å². The van der Waals surface area contributed by atoms with Gasteiger partial charge in [-0.05, 0) is 94.0 Å². The lowest BCUT2D eigenvalue weighted by Crippen LogP contribution is -2.30. The predicted molar refractivity (Wildman–Crippen MR) is 160 cm³/mol. The molecule has 0 saturated heterocycles. The number of hydrogen-bond acceptors (Lipinski definition) is 4. The molecule has 2 aromatic carbocycles. The molecular weight excluding hydrogens is 480 g/mol. The lowest BCUT2D eigenvalue weighted by atomic mass is 9.87. The topological polar surface area (TPSA) is 34.6 Å². The standard InChI is InChI=1S/C35H46N2O2/c1-6-25-13-10-14-26(7-2)35(25)32-22-34(39-29-20-18-28(38-5)19-21-29)31(24(3)36-32)23-37(4)33-17-11-15-27-12-8-9-16-30(27)33/h8-10,12-14,16,22,28-29,33H,6-7,11,15,17-21,23H2,1-5H3. The first-order valence-electron chi connectivity index (χ1n) is 15.1. The Labute approximate surface area is 235 Å². The fourth-order valence-electron chi connectivity index (χ4n) is 6.78. The van der Waals surface area contributed by atoms with E-state index in [1.165, 1.54) is 52.6 Å². The summed E-state index contributed by atoms with van der Waals surface area (Å²) in [6.07, 6.45) is 10.4. The van der Waals surface area contributed by atoms with Gasteiger partial charge in [-0.25, -0.2) is 0 Å². The Morgan fingerprint density at radius 1 is 0.897 bits per heavy atom. The molecule has 0 aliphatic heterocycles. The second-order valence-electron chi connectivity index (χ2n) is 11.5. The van der Waals surface area contributed by atoms with Gasteiger partial charge in [0.15, 0.2) is 0 Å². The maximum atomic E-state index is 6.90. The van der Waals surface area contributed by atoms with Gasteiger partial charge in [-0.3, -0.25) is 9.88 Å². The van der Waals surface area contributed by atoms with E-state index in [1.807, 2.05) is 7.11 Å². The second kappa shape index (κ2) is 12.7. The number of rotatable bonds is 9. The minimum Gasteiger partial charge on any atom is -0.490 e. The summed E-state index contributed by atoms with van der Waals surface area (Å²) >= 11 is 0. The van der Waals surface area contributed by atoms with Crippen LogP contribution in [0.25, 0.3) is 11.3 Å². The van der Waals surface area contributed by atoms with Gasteiger partial charge in [0.05, 0.1) is 17.9 Å². The number of hydrogen-bond donors (Lipinski definition) is 0. The first kappa shape index (κ1) is 27.9. The zero-order valence-electron chi connectivity index (χ0n) is 24.6. The van der Waals surface area contributed by atoms with Crippen molar-refractivity contribution in [1.29, 1.82) is 0 Å². The van der Waals surface area contributed by atoms with Crippen LogP contribution in [0.4, 0.5) is 0 Å². The third-order valence-corrected chi connectivity index (χ3v) is 9.07. The highest BCUT2D eigenvalue weighted by molar-refractivity contribution is 5.70. The molecule has 2 aliphatic rings. The Hall–Kier alpha value is -2.69. The molecule has 1 unspecified atom stereocenters. The van der Waals surface area contributed by atoms with Crippen molar-refractivity contribution in [2.24, 2.45) is 0 Å². The summed E-state index contributed by atoms with van der Waals surface area (Å²) in [4.78, 5) is 7.78. The first-order valence-corrected chi connectivity index (χ1v) is 15.1. The van der Waals surface area contributed by atoms with E-state index < -0.39 is 0 Å². The van der Waals surface area contributed by atoms with Crippen LogP contribution in [0.2, 0.25) is 0 Å². The average molecular weight is 527 g/mol. The lowest BCUT2D eigenvalue weighted by Gasteiger charge is -2.34. The maximum absolute atomic E-state index is 6.90. The highest BCUT2D eigenvalue weighted by Crippen LogP contribution is 2.38. The largest absolute Gasteiger partial charge is 0.490 e. The van der Waals surface area contributed by atoms with Gasteiger partial charge in [-0.2, -0.15) is 0 Å². The monoisotopic (exact) mass is 526 g/mol. The van der Waals surface area contributed by atoms with Crippen molar-refractivity contribution >= 4 is 0 Å². The average Bonchev–Trinajstić information content (AvgIpc) is 2.98. The molecule has 4 heteroatoms. The van der Waals surface area contributed by atoms with Gasteiger partial charge in [0.25, 0.3) is 0 Å². The molecule has 39 heavy (non-hydrogen) atoms. The lowest BCUT2D eigenvalue weighted by molar-refractivity contribution is 0.0322. The minimum atomic E-state index is 0.220. The molecular formula is C35H46N2O2. The van der Waals surface area contributed by atoms with E-state index in [9.17, 15) is 0 Å². The molecule has 0 N–H and O–H groups in total. The molecule has 5 rings (SSSR count). The number of ether oxygens (including phenoxy) is 2. The van der Waals surface area contributed by atoms with Crippen molar-refractivity contribution in [3.8, 4) is 17.0 Å². The van der Waals surface area contributed by atoms with E-state index in [1.54, 1.807) is 0 Å². The normalized spacial score (nSPS) is 21.1. The molecule has 3 aromatic rings. The van der Waals surface area contributed by atoms with E-state index in [2.05, 4.69) is 81.2 Å². The van der Waals surface area contributed by atoms with Crippen molar-refractivity contribution in [3.63, 3.8) is 0 Å². The highest BCUT2D eigenvalue weighted by atomic mass is 16.5. The van der Waals surface area contributed by atoms with Crippen LogP contribution in [0, 0.1) is 6.92 Å². The highest BCUT2D eigenvalue weighted by Gasteiger charge is 2.28. The zero-order chi connectivity index (χ0) is 27.4. The number of nitrogens with zero attached hydrogens (tertiary/aromatic N) is 2. The Kier molecular flexibility index (Phi) is 9.04. The molecule has 1 fully saturated rings. The zero-order valence-corrected chi connectivity index (χ0v) is 24.6. The summed E-state index contributed by atoms with van der Waals surface area (Å²) in [6, 6.07) is 18.4. The van der Waals surface area contributed by atoms with Crippen molar-refractivity contribution in [2.75, 3.05) is 14.2 Å². The number of aryl methyl sites for hydroxylation is 4. The molecule has 1 saturated carbocycles. The van der Waals surface area contributed by atoms with Gasteiger partial charge in [0.1, 0.15) is 5.75 Å². The SMILES string of the molecule is CCc1cccc(CC)c1-c1cc(OC2CCC(OC)CC2)c(CN(C)C2CCCc3ccccc32)c(C)n1. The summed E-state index contributed by atoms with van der Waals surface area (Å²) in [5.41, 5.74) is 10.4. The molecule has 0 amide bonds. The van der Waals surface area contributed by atoms with E-state index in [4.69, 9.17) is 14.5 Å². The summed E-state index contributed by atoms with van der Waals surface area (Å²) in [5.74, 6) is 1.02. The molecule has 208 valence electrons. The van der Waals surface area contributed by atoms with Crippen LogP contribution in [0.15, 0.2) is 48.5 Å². The van der Waals surface area contributed by atoms with Gasteiger partial charge in [0.2, 0.25) is 0 Å². The Balaban J connectivity index is 1.51. The maximum Gasteiger partial charge on any atom is 0.128 e. The molecule has 4 nitrogen and oxygen atoms in total. The van der Waals surface area contributed by atoms with Gasteiger partial charge in [-0.1, -0.05) is 56.3 Å². The van der Waals surface area contributed by atoms with Crippen LogP contribution in [0.1, 0.15) is 91.9 Å². The summed E-state index contributed by atoms with van der Waals surface area (Å²) in [6.45, 7) is 7.48. The summed E-state index contributed by atoms with van der Waals surface area (Å²) < 4.78 is 12.5. The molecule has 1 heterocycles. The Bertz CT molecular complexity index is 1240. The van der Waals surface area contributed by atoms with Gasteiger partial charge >= 0.3 is 0 Å². The number of aromatic nitrogens is 1. The molecule has 0 bridgehead atoms. The number of benzene rings is 2. The summed E-state index contributed by atoms with van der Waals surface area (Å²) in [7, 11) is 4.10. The van der Waals surface area contributed by atoms with E-state index in [-0.39, 0.29) is 6.10 Å². The van der Waals surface area contributed by atoms with Gasteiger partial charge in [-0.15, -0.1) is 0 Å². The number of fused-ring (bicyclic) bond motifs is 1. The fraction of sp³-hybridized carbons (Fsp3) is 0.514. The first-order chi connectivity index (χ1) is 19.0. The fourth-order valence-corrected chi connectivity index (χ4v) is 6.78.